The van der Waals surface area contributed by atoms with E-state index in [1.165, 1.54) is 4.31 Å². The second-order valence-corrected chi connectivity index (χ2v) is 7.10. The Kier molecular flexibility index (Phi) is 4.76. The summed E-state index contributed by atoms with van der Waals surface area (Å²) in [5.74, 6) is 0.670. The summed E-state index contributed by atoms with van der Waals surface area (Å²) < 4.78 is 25.1. The number of likely N-dealkylation sites (N-methyl/N-ethyl adjacent to an activating group) is 1. The Balaban J connectivity index is 2.46. The van der Waals surface area contributed by atoms with E-state index in [0.29, 0.717) is 5.92 Å². The lowest BCUT2D eigenvalue weighted by atomic mass is 10.2. The van der Waals surface area contributed by atoms with E-state index in [0.717, 1.165) is 19.3 Å². The highest BCUT2D eigenvalue weighted by Gasteiger charge is 2.32. The third kappa shape index (κ3) is 4.03. The highest BCUT2D eigenvalue weighted by atomic mass is 32.2. The topological polar surface area (TPSA) is 57.6 Å². The fourth-order valence-corrected chi connectivity index (χ4v) is 3.20. The molecule has 0 bridgehead atoms. The number of rotatable bonds is 7. The van der Waals surface area contributed by atoms with Gasteiger partial charge in [0.2, 0.25) is 10.0 Å². The summed E-state index contributed by atoms with van der Waals surface area (Å²) in [5, 5.41) is 9.71. The third-order valence-electron chi connectivity index (χ3n) is 3.28. The number of aliphatic hydroxyl groups is 1. The summed E-state index contributed by atoms with van der Waals surface area (Å²) in [6.07, 6.45) is 2.43. The Labute approximate surface area is 98.7 Å². The van der Waals surface area contributed by atoms with Crippen LogP contribution in [-0.2, 0) is 10.0 Å². The predicted molar refractivity (Wildman–Crippen MR) is 64.6 cm³/mol. The number of sulfonamides is 1. The molecule has 0 spiro atoms. The van der Waals surface area contributed by atoms with Crippen LogP contribution in [0.15, 0.2) is 0 Å². The lowest BCUT2D eigenvalue weighted by molar-refractivity contribution is 0.131. The molecule has 1 rings (SSSR count). The van der Waals surface area contributed by atoms with Crippen LogP contribution >= 0.6 is 0 Å². The molecule has 1 saturated carbocycles. The first kappa shape index (κ1) is 13.9. The fourth-order valence-electron chi connectivity index (χ4n) is 1.61. The van der Waals surface area contributed by atoms with Crippen molar-refractivity contribution < 1.29 is 13.5 Å². The molecular formula is C11H23NO3S. The number of nitrogens with zero attached hydrogens (tertiary/aromatic N) is 1. The van der Waals surface area contributed by atoms with Crippen LogP contribution in [0, 0.1) is 11.8 Å². The van der Waals surface area contributed by atoms with E-state index >= 15 is 0 Å². The van der Waals surface area contributed by atoms with Gasteiger partial charge in [0.15, 0.2) is 0 Å². The van der Waals surface area contributed by atoms with Gasteiger partial charge >= 0.3 is 0 Å². The third-order valence-corrected chi connectivity index (χ3v) is 5.37. The summed E-state index contributed by atoms with van der Waals surface area (Å²) in [7, 11) is -1.64. The first-order chi connectivity index (χ1) is 7.36. The van der Waals surface area contributed by atoms with Crippen molar-refractivity contribution in [2.24, 2.45) is 11.8 Å². The van der Waals surface area contributed by atoms with E-state index in [4.69, 9.17) is 0 Å². The average molecular weight is 249 g/mol. The molecule has 16 heavy (non-hydrogen) atoms. The van der Waals surface area contributed by atoms with E-state index in [-0.39, 0.29) is 18.2 Å². The minimum Gasteiger partial charge on any atom is -0.391 e. The zero-order chi connectivity index (χ0) is 12.3. The summed E-state index contributed by atoms with van der Waals surface area (Å²) in [6.45, 7) is 4.16. The van der Waals surface area contributed by atoms with Gasteiger partial charge in [0.25, 0.3) is 0 Å². The molecule has 0 radical (unpaired) electrons. The van der Waals surface area contributed by atoms with Crippen molar-refractivity contribution in [3.05, 3.63) is 0 Å². The van der Waals surface area contributed by atoms with Gasteiger partial charge in [-0.25, -0.2) is 12.7 Å². The number of aliphatic hydroxyl groups excluding tert-OH is 1. The van der Waals surface area contributed by atoms with Crippen LogP contribution in [0.2, 0.25) is 0 Å². The first-order valence-corrected chi connectivity index (χ1v) is 7.59. The Bertz CT molecular complexity index is 311. The van der Waals surface area contributed by atoms with Gasteiger partial charge in [-0.05, 0) is 24.7 Å². The van der Waals surface area contributed by atoms with Crippen molar-refractivity contribution in [2.75, 3.05) is 19.3 Å². The monoisotopic (exact) mass is 249 g/mol. The molecule has 1 aliphatic rings. The standard InChI is InChI=1S/C11H23NO3S/c1-4-9(2)8-16(14,15)12(3)7-11(13)10-5-6-10/h9-11,13H,4-8H2,1-3H3. The summed E-state index contributed by atoms with van der Waals surface area (Å²) >= 11 is 0. The first-order valence-electron chi connectivity index (χ1n) is 5.99. The molecule has 4 nitrogen and oxygen atoms in total. The maximum Gasteiger partial charge on any atom is 0.214 e. The molecule has 0 aromatic carbocycles. The van der Waals surface area contributed by atoms with Crippen molar-refractivity contribution in [3.8, 4) is 0 Å². The van der Waals surface area contributed by atoms with Crippen LogP contribution in [-0.4, -0.2) is 43.3 Å². The largest absolute Gasteiger partial charge is 0.391 e. The maximum absolute atomic E-state index is 11.9. The Morgan fingerprint density at radius 2 is 2.00 bits per heavy atom. The van der Waals surface area contributed by atoms with Gasteiger partial charge in [-0.1, -0.05) is 20.3 Å². The molecule has 2 unspecified atom stereocenters. The van der Waals surface area contributed by atoms with Crippen LogP contribution in [0.1, 0.15) is 33.1 Å². The molecular weight excluding hydrogens is 226 g/mol. The van der Waals surface area contributed by atoms with Gasteiger partial charge in [-0.3, -0.25) is 0 Å². The number of hydrogen-bond donors (Lipinski definition) is 1. The lowest BCUT2D eigenvalue weighted by Crippen LogP contribution is -2.37. The highest BCUT2D eigenvalue weighted by molar-refractivity contribution is 7.89. The molecule has 1 N–H and O–H groups in total. The Morgan fingerprint density at radius 3 is 2.44 bits per heavy atom. The lowest BCUT2D eigenvalue weighted by Gasteiger charge is -2.21. The van der Waals surface area contributed by atoms with Gasteiger partial charge in [0.1, 0.15) is 0 Å². The molecule has 96 valence electrons. The minimum absolute atomic E-state index is 0.172. The SMILES string of the molecule is CCC(C)CS(=O)(=O)N(C)CC(O)C1CC1. The van der Waals surface area contributed by atoms with E-state index in [1.807, 2.05) is 13.8 Å². The van der Waals surface area contributed by atoms with Crippen LogP contribution in [0.4, 0.5) is 0 Å². The summed E-state index contributed by atoms with van der Waals surface area (Å²) in [5.41, 5.74) is 0. The molecule has 5 heteroatoms. The second-order valence-electron chi connectivity index (χ2n) is 4.98. The quantitative estimate of drug-likeness (QED) is 0.734. The van der Waals surface area contributed by atoms with Crippen molar-refractivity contribution >= 4 is 10.0 Å². The van der Waals surface area contributed by atoms with Gasteiger partial charge in [-0.2, -0.15) is 0 Å². The Hall–Kier alpha value is -0.130. The molecule has 0 aromatic heterocycles. The van der Waals surface area contributed by atoms with Crippen LogP contribution in [0.25, 0.3) is 0 Å². The Morgan fingerprint density at radius 1 is 1.44 bits per heavy atom. The molecule has 0 aromatic rings. The summed E-state index contributed by atoms with van der Waals surface area (Å²) in [6, 6.07) is 0. The smallest absolute Gasteiger partial charge is 0.214 e. The maximum atomic E-state index is 11.9. The van der Waals surface area contributed by atoms with Crippen LogP contribution in [0.5, 0.6) is 0 Å². The summed E-state index contributed by atoms with van der Waals surface area (Å²) in [4.78, 5) is 0. The fraction of sp³-hybridized carbons (Fsp3) is 1.00. The molecule has 2 atom stereocenters. The molecule has 0 heterocycles. The van der Waals surface area contributed by atoms with E-state index in [2.05, 4.69) is 0 Å². The van der Waals surface area contributed by atoms with Gasteiger partial charge in [0.05, 0.1) is 11.9 Å². The minimum atomic E-state index is -3.20. The van der Waals surface area contributed by atoms with Crippen LogP contribution in [0.3, 0.4) is 0 Å². The molecule has 0 aliphatic heterocycles. The zero-order valence-electron chi connectivity index (χ0n) is 10.4. The normalized spacial score (nSPS) is 21.1. The van der Waals surface area contributed by atoms with Gasteiger partial charge in [0, 0.05) is 13.6 Å². The highest BCUT2D eigenvalue weighted by Crippen LogP contribution is 2.33. The number of hydrogen-bond acceptors (Lipinski definition) is 3. The van der Waals surface area contributed by atoms with E-state index in [1.54, 1.807) is 7.05 Å². The van der Waals surface area contributed by atoms with Crippen molar-refractivity contribution in [2.45, 2.75) is 39.2 Å². The van der Waals surface area contributed by atoms with E-state index in [9.17, 15) is 13.5 Å². The average Bonchev–Trinajstić information content (AvgIpc) is 2.99. The van der Waals surface area contributed by atoms with Crippen molar-refractivity contribution in [1.29, 1.82) is 0 Å². The predicted octanol–water partition coefficient (Wildman–Crippen LogP) is 1.06. The zero-order valence-corrected chi connectivity index (χ0v) is 11.2. The molecule has 0 saturated heterocycles. The molecule has 1 fully saturated rings. The molecule has 1 aliphatic carbocycles. The van der Waals surface area contributed by atoms with Gasteiger partial charge < -0.3 is 5.11 Å². The van der Waals surface area contributed by atoms with Crippen molar-refractivity contribution in [1.82, 2.24) is 4.31 Å². The van der Waals surface area contributed by atoms with Crippen molar-refractivity contribution in [3.63, 3.8) is 0 Å². The molecule has 0 amide bonds. The van der Waals surface area contributed by atoms with E-state index < -0.39 is 16.1 Å². The second kappa shape index (κ2) is 5.47. The van der Waals surface area contributed by atoms with Crippen LogP contribution < -0.4 is 0 Å². The van der Waals surface area contributed by atoms with Gasteiger partial charge in [-0.15, -0.1) is 0 Å².